The van der Waals surface area contributed by atoms with Crippen molar-refractivity contribution >= 4 is 27.8 Å². The Bertz CT molecular complexity index is 1420. The lowest BCUT2D eigenvalue weighted by molar-refractivity contribution is 0.395. The number of aromatic nitrogens is 2. The smallest absolute Gasteiger partial charge is 0.124 e. The van der Waals surface area contributed by atoms with Crippen molar-refractivity contribution in [1.82, 2.24) is 14.1 Å². The van der Waals surface area contributed by atoms with E-state index in [9.17, 15) is 4.21 Å². The third kappa shape index (κ3) is 4.81. The summed E-state index contributed by atoms with van der Waals surface area (Å²) in [5.74, 6) is 0.953. The molecule has 0 bridgehead atoms. The molecule has 0 saturated heterocycles. The minimum absolute atomic E-state index is 0.00113. The molecule has 3 unspecified atom stereocenters. The summed E-state index contributed by atoms with van der Waals surface area (Å²) >= 11 is 0. The number of para-hydroxylation sites is 1. The number of amidine groups is 1. The van der Waals surface area contributed by atoms with E-state index in [1.807, 2.05) is 29.1 Å². The summed E-state index contributed by atoms with van der Waals surface area (Å²) in [5.41, 5.74) is 1.57. The van der Waals surface area contributed by atoms with Crippen LogP contribution in [0.2, 0.25) is 0 Å². The van der Waals surface area contributed by atoms with Crippen molar-refractivity contribution in [2.45, 2.75) is 68.8 Å². The summed E-state index contributed by atoms with van der Waals surface area (Å²) in [7, 11) is -2.44. The maximum absolute atomic E-state index is 14.1. The molecule has 3 atom stereocenters. The number of anilines is 1. The number of unbranched alkanes of at least 4 members (excludes halogenated alkanes) is 1. The topological polar surface area (TPSA) is 102 Å². The van der Waals surface area contributed by atoms with Gasteiger partial charge in [0.25, 0.3) is 0 Å². The SMILES string of the molecule is CC1(c2cnn(CCN(CCCC#N)S(=O)(=NC3CC3)C3CC3)c2)N=CN=C2C1C=CN2c1ccccc1. The maximum atomic E-state index is 14.1. The van der Waals surface area contributed by atoms with Gasteiger partial charge in [-0.3, -0.25) is 9.67 Å². The van der Waals surface area contributed by atoms with Gasteiger partial charge in [-0.25, -0.2) is 17.9 Å². The molecule has 1 aromatic heterocycles. The van der Waals surface area contributed by atoms with E-state index in [4.69, 9.17) is 14.6 Å². The maximum Gasteiger partial charge on any atom is 0.124 e. The molecular formula is C28H34N8OS. The van der Waals surface area contributed by atoms with Gasteiger partial charge in [0.2, 0.25) is 0 Å². The van der Waals surface area contributed by atoms with Crippen LogP contribution in [0.5, 0.6) is 0 Å². The van der Waals surface area contributed by atoms with E-state index >= 15 is 0 Å². The van der Waals surface area contributed by atoms with Gasteiger partial charge in [-0.05, 0) is 51.2 Å². The fraction of sp³-hybridized carbons (Fsp3) is 0.500. The average Bonchev–Trinajstić information content (AvgIpc) is 3.85. The number of nitrogens with zero attached hydrogens (tertiary/aromatic N) is 8. The molecule has 2 aromatic rings. The number of hydrogen-bond donors (Lipinski definition) is 0. The van der Waals surface area contributed by atoms with Gasteiger partial charge in [0.1, 0.15) is 27.6 Å². The Morgan fingerprint density at radius 1 is 1.21 bits per heavy atom. The van der Waals surface area contributed by atoms with Crippen LogP contribution in [0.25, 0.3) is 0 Å². The van der Waals surface area contributed by atoms with Gasteiger partial charge in [-0.1, -0.05) is 24.3 Å². The Morgan fingerprint density at radius 2 is 2.03 bits per heavy atom. The number of hydrogen-bond acceptors (Lipinski definition) is 7. The van der Waals surface area contributed by atoms with Crippen LogP contribution in [0.4, 0.5) is 5.69 Å². The van der Waals surface area contributed by atoms with Crippen LogP contribution in [-0.4, -0.2) is 54.9 Å². The first-order valence-corrected chi connectivity index (χ1v) is 15.1. The third-order valence-electron chi connectivity index (χ3n) is 7.78. The van der Waals surface area contributed by atoms with Crippen LogP contribution in [0.15, 0.2) is 69.3 Å². The fourth-order valence-corrected chi connectivity index (χ4v) is 8.07. The lowest BCUT2D eigenvalue weighted by atomic mass is 9.80. The second-order valence-corrected chi connectivity index (χ2v) is 13.1. The van der Waals surface area contributed by atoms with E-state index in [1.54, 1.807) is 6.34 Å². The molecule has 0 N–H and O–H groups in total. The van der Waals surface area contributed by atoms with Gasteiger partial charge < -0.3 is 4.90 Å². The molecule has 3 heterocycles. The molecule has 2 aliphatic heterocycles. The predicted octanol–water partition coefficient (Wildman–Crippen LogP) is 4.50. The highest BCUT2D eigenvalue weighted by molar-refractivity contribution is 7.92. The second kappa shape index (κ2) is 10.1. The van der Waals surface area contributed by atoms with E-state index in [2.05, 4.69) is 62.9 Å². The predicted molar refractivity (Wildman–Crippen MR) is 150 cm³/mol. The first-order valence-electron chi connectivity index (χ1n) is 13.6. The number of rotatable bonds is 11. The van der Waals surface area contributed by atoms with Crippen LogP contribution in [0.1, 0.15) is 51.0 Å². The minimum Gasteiger partial charge on any atom is -0.305 e. The van der Waals surface area contributed by atoms with Gasteiger partial charge in [-0.15, -0.1) is 0 Å². The summed E-state index contributed by atoms with van der Waals surface area (Å²) < 4.78 is 22.9. The molecule has 0 radical (unpaired) electrons. The van der Waals surface area contributed by atoms with Crippen LogP contribution in [0.3, 0.4) is 0 Å². The van der Waals surface area contributed by atoms with Crippen LogP contribution in [0, 0.1) is 17.2 Å². The number of aliphatic imine (C=N–C) groups is 2. The molecule has 6 rings (SSSR count). The molecule has 2 fully saturated rings. The van der Waals surface area contributed by atoms with E-state index in [-0.39, 0.29) is 17.2 Å². The van der Waals surface area contributed by atoms with Gasteiger partial charge in [0.15, 0.2) is 0 Å². The zero-order chi connectivity index (χ0) is 26.2. The van der Waals surface area contributed by atoms with Gasteiger partial charge >= 0.3 is 0 Å². The Morgan fingerprint density at radius 3 is 2.76 bits per heavy atom. The molecule has 198 valence electrons. The first-order chi connectivity index (χ1) is 18.5. The highest BCUT2D eigenvalue weighted by Crippen LogP contribution is 2.42. The third-order valence-corrected chi connectivity index (χ3v) is 10.8. The standard InChI is InChI=1S/C28H34N8OS/c1-28(26-13-16-36(27(26)30-21-31-28)24-7-3-2-4-8-24)22-19-32-34(20-22)17-18-35(15-6-5-14-29)38(37,25-11-12-25)33-23-9-10-23/h2-4,7-8,13,16,19-21,23,25-26H,5-6,9-12,15,17-18H2,1H3. The molecular weight excluding hydrogens is 496 g/mol. The largest absolute Gasteiger partial charge is 0.305 e. The molecule has 4 aliphatic rings. The average molecular weight is 531 g/mol. The molecule has 9 nitrogen and oxygen atoms in total. The van der Waals surface area contributed by atoms with E-state index in [1.165, 1.54) is 0 Å². The minimum atomic E-state index is -2.44. The van der Waals surface area contributed by atoms with Crippen molar-refractivity contribution in [2.24, 2.45) is 20.3 Å². The Balaban J connectivity index is 1.19. The van der Waals surface area contributed by atoms with Gasteiger partial charge in [-0.2, -0.15) is 10.4 Å². The van der Waals surface area contributed by atoms with E-state index in [0.29, 0.717) is 32.5 Å². The number of benzene rings is 1. The highest BCUT2D eigenvalue weighted by Gasteiger charge is 2.44. The van der Waals surface area contributed by atoms with Gasteiger partial charge in [0, 0.05) is 43.2 Å². The van der Waals surface area contributed by atoms with Crippen molar-refractivity contribution in [2.75, 3.05) is 18.0 Å². The van der Waals surface area contributed by atoms with Crippen molar-refractivity contribution in [3.05, 3.63) is 60.6 Å². The summed E-state index contributed by atoms with van der Waals surface area (Å²) in [4.78, 5) is 11.6. The van der Waals surface area contributed by atoms with Gasteiger partial charge in [0.05, 0.1) is 36.0 Å². The van der Waals surface area contributed by atoms with Crippen LogP contribution in [-0.2, 0) is 22.0 Å². The Labute approximate surface area is 224 Å². The number of fused-ring (bicyclic) bond motifs is 1. The molecule has 1 aromatic carbocycles. The lowest BCUT2D eigenvalue weighted by Crippen LogP contribution is -2.40. The quantitative estimate of drug-likeness (QED) is 0.399. The summed E-state index contributed by atoms with van der Waals surface area (Å²) in [6.07, 6.45) is 15.1. The van der Waals surface area contributed by atoms with Crippen LogP contribution >= 0.6 is 0 Å². The first kappa shape index (κ1) is 25.0. The lowest BCUT2D eigenvalue weighted by Gasteiger charge is -2.34. The summed E-state index contributed by atoms with van der Waals surface area (Å²) in [5, 5.41) is 13.9. The van der Waals surface area contributed by atoms with E-state index < -0.39 is 15.5 Å². The fourth-order valence-electron chi connectivity index (χ4n) is 5.22. The molecule has 2 aliphatic carbocycles. The summed E-state index contributed by atoms with van der Waals surface area (Å²) in [6.45, 7) is 3.95. The second-order valence-electron chi connectivity index (χ2n) is 10.7. The zero-order valence-electron chi connectivity index (χ0n) is 21.8. The van der Waals surface area contributed by atoms with Crippen molar-refractivity contribution < 1.29 is 4.21 Å². The Hall–Kier alpha value is -3.29. The normalized spacial score (nSPS) is 25.7. The molecule has 10 heteroatoms. The molecule has 0 amide bonds. The van der Waals surface area contributed by atoms with Crippen LogP contribution < -0.4 is 4.90 Å². The monoisotopic (exact) mass is 530 g/mol. The molecule has 0 spiro atoms. The van der Waals surface area contributed by atoms with Crippen molar-refractivity contribution in [1.29, 1.82) is 5.26 Å². The number of nitriles is 1. The van der Waals surface area contributed by atoms with E-state index in [0.717, 1.165) is 42.8 Å². The van der Waals surface area contributed by atoms with Crippen molar-refractivity contribution in [3.63, 3.8) is 0 Å². The highest BCUT2D eigenvalue weighted by atomic mass is 32.2. The Kier molecular flexibility index (Phi) is 6.66. The van der Waals surface area contributed by atoms with Crippen molar-refractivity contribution in [3.8, 4) is 6.07 Å². The molecule has 2 saturated carbocycles. The summed E-state index contributed by atoms with van der Waals surface area (Å²) in [6, 6.07) is 12.7. The zero-order valence-corrected chi connectivity index (χ0v) is 22.6. The molecule has 38 heavy (non-hydrogen) atoms.